The summed E-state index contributed by atoms with van der Waals surface area (Å²) in [5, 5.41) is 0. The van der Waals surface area contributed by atoms with Crippen LogP contribution in [0.25, 0.3) is 11.0 Å². The zero-order chi connectivity index (χ0) is 18.8. The molecule has 0 aliphatic heterocycles. The van der Waals surface area contributed by atoms with Gasteiger partial charge in [-0.15, -0.1) is 0 Å². The van der Waals surface area contributed by atoms with Crippen molar-refractivity contribution in [2.45, 2.75) is 6.54 Å². The van der Waals surface area contributed by atoms with Gasteiger partial charge in [-0.1, -0.05) is 12.1 Å². The number of para-hydroxylation sites is 2. The molecule has 0 atom stereocenters. The molecule has 1 aromatic heterocycles. The summed E-state index contributed by atoms with van der Waals surface area (Å²) in [7, 11) is 6.46. The van der Waals surface area contributed by atoms with Crippen LogP contribution in [-0.4, -0.2) is 36.3 Å². The topological polar surface area (TPSA) is 65.7 Å². The maximum absolute atomic E-state index is 12.8. The van der Waals surface area contributed by atoms with Crippen LogP contribution in [-0.2, 0) is 18.4 Å². The standard InChI is InChI=1S/C19H21N3O4/c1-20(13-9-10-16(25-3)17(11-13)26-4)18(23)12-22-15-8-6-5-7-14(15)21(2)19(22)24/h5-11H,12H2,1-4H3. The lowest BCUT2D eigenvalue weighted by Gasteiger charge is -2.19. The van der Waals surface area contributed by atoms with Crippen molar-refractivity contribution in [3.05, 3.63) is 52.9 Å². The third-order valence-electron chi connectivity index (χ3n) is 4.47. The Kier molecular flexibility index (Phi) is 4.71. The molecule has 2 aromatic carbocycles. The summed E-state index contributed by atoms with van der Waals surface area (Å²) < 4.78 is 13.5. The molecule has 3 aromatic rings. The van der Waals surface area contributed by atoms with Crippen molar-refractivity contribution in [3.63, 3.8) is 0 Å². The van der Waals surface area contributed by atoms with Gasteiger partial charge < -0.3 is 14.4 Å². The molecule has 0 spiro atoms. The number of hydrogen-bond donors (Lipinski definition) is 0. The summed E-state index contributed by atoms with van der Waals surface area (Å²) in [5.41, 5.74) is 1.95. The van der Waals surface area contributed by atoms with E-state index in [1.165, 1.54) is 9.47 Å². The van der Waals surface area contributed by atoms with Gasteiger partial charge in [-0.05, 0) is 24.3 Å². The Morgan fingerprint density at radius 2 is 1.69 bits per heavy atom. The number of amides is 1. The molecule has 0 radical (unpaired) electrons. The number of rotatable bonds is 5. The minimum atomic E-state index is -0.222. The molecule has 0 aliphatic carbocycles. The number of imidazole rings is 1. The van der Waals surface area contributed by atoms with Gasteiger partial charge in [-0.3, -0.25) is 13.9 Å². The van der Waals surface area contributed by atoms with Crippen LogP contribution >= 0.6 is 0 Å². The van der Waals surface area contributed by atoms with Crippen molar-refractivity contribution < 1.29 is 14.3 Å². The number of aromatic nitrogens is 2. The lowest BCUT2D eigenvalue weighted by Crippen LogP contribution is -2.34. The van der Waals surface area contributed by atoms with Gasteiger partial charge in [0.2, 0.25) is 5.91 Å². The van der Waals surface area contributed by atoms with Crippen molar-refractivity contribution in [2.24, 2.45) is 7.05 Å². The minimum Gasteiger partial charge on any atom is -0.493 e. The molecule has 136 valence electrons. The average molecular weight is 355 g/mol. The fraction of sp³-hybridized carbons (Fsp3) is 0.263. The van der Waals surface area contributed by atoms with Crippen LogP contribution in [0.3, 0.4) is 0 Å². The molecule has 0 saturated heterocycles. The van der Waals surface area contributed by atoms with E-state index >= 15 is 0 Å². The minimum absolute atomic E-state index is 0.0506. The van der Waals surface area contributed by atoms with Crippen LogP contribution < -0.4 is 20.1 Å². The fourth-order valence-electron chi connectivity index (χ4n) is 2.93. The molecule has 0 unspecified atom stereocenters. The first-order valence-corrected chi connectivity index (χ1v) is 8.10. The van der Waals surface area contributed by atoms with E-state index in [4.69, 9.17) is 9.47 Å². The first-order valence-electron chi connectivity index (χ1n) is 8.10. The number of methoxy groups -OCH3 is 2. The Bertz CT molecular complexity index is 1020. The predicted molar refractivity (Wildman–Crippen MR) is 100 cm³/mol. The highest BCUT2D eigenvalue weighted by Gasteiger charge is 2.18. The summed E-state index contributed by atoms with van der Waals surface area (Å²) in [6.07, 6.45) is 0. The summed E-state index contributed by atoms with van der Waals surface area (Å²) in [6, 6.07) is 12.6. The van der Waals surface area contributed by atoms with Gasteiger partial charge >= 0.3 is 5.69 Å². The van der Waals surface area contributed by atoms with Crippen molar-refractivity contribution in [3.8, 4) is 11.5 Å². The van der Waals surface area contributed by atoms with Gasteiger partial charge in [0, 0.05) is 25.8 Å². The van der Waals surface area contributed by atoms with Crippen molar-refractivity contribution in [2.75, 3.05) is 26.2 Å². The highest BCUT2D eigenvalue weighted by atomic mass is 16.5. The second kappa shape index (κ2) is 6.95. The average Bonchev–Trinajstić information content (AvgIpc) is 2.91. The lowest BCUT2D eigenvalue weighted by atomic mass is 10.2. The van der Waals surface area contributed by atoms with Crippen molar-refractivity contribution >= 4 is 22.6 Å². The number of ether oxygens (including phenoxy) is 2. The molecule has 0 aliphatic rings. The van der Waals surface area contributed by atoms with E-state index in [2.05, 4.69) is 0 Å². The Morgan fingerprint density at radius 3 is 2.35 bits per heavy atom. The smallest absolute Gasteiger partial charge is 0.329 e. The van der Waals surface area contributed by atoms with E-state index in [1.807, 2.05) is 24.3 Å². The predicted octanol–water partition coefficient (Wildman–Crippen LogP) is 2.02. The molecule has 0 bridgehead atoms. The van der Waals surface area contributed by atoms with Crippen LogP contribution in [0, 0.1) is 0 Å². The summed E-state index contributed by atoms with van der Waals surface area (Å²) in [4.78, 5) is 26.7. The van der Waals surface area contributed by atoms with Gasteiger partial charge in [-0.2, -0.15) is 0 Å². The van der Waals surface area contributed by atoms with E-state index in [1.54, 1.807) is 51.1 Å². The number of aryl methyl sites for hydroxylation is 1. The first kappa shape index (κ1) is 17.6. The normalized spacial score (nSPS) is 10.8. The van der Waals surface area contributed by atoms with E-state index in [-0.39, 0.29) is 18.1 Å². The molecule has 7 heteroatoms. The van der Waals surface area contributed by atoms with Gasteiger partial charge in [0.05, 0.1) is 25.3 Å². The molecule has 3 rings (SSSR count). The first-order chi connectivity index (χ1) is 12.5. The van der Waals surface area contributed by atoms with Crippen LogP contribution in [0.15, 0.2) is 47.3 Å². The van der Waals surface area contributed by atoms with Gasteiger partial charge in [-0.25, -0.2) is 4.79 Å². The van der Waals surface area contributed by atoms with E-state index in [9.17, 15) is 9.59 Å². The maximum atomic E-state index is 12.8. The number of fused-ring (bicyclic) bond motifs is 1. The molecule has 26 heavy (non-hydrogen) atoms. The van der Waals surface area contributed by atoms with Crippen molar-refractivity contribution in [1.29, 1.82) is 0 Å². The number of carbonyl (C=O) groups excluding carboxylic acids is 1. The Balaban J connectivity index is 1.91. The van der Waals surface area contributed by atoms with Crippen LogP contribution in [0.1, 0.15) is 0 Å². The Morgan fingerprint density at radius 1 is 1.04 bits per heavy atom. The molecule has 0 fully saturated rings. The molecule has 0 saturated carbocycles. The largest absolute Gasteiger partial charge is 0.493 e. The lowest BCUT2D eigenvalue weighted by molar-refractivity contribution is -0.118. The van der Waals surface area contributed by atoms with Gasteiger partial charge in [0.15, 0.2) is 11.5 Å². The molecule has 1 heterocycles. The molecule has 1 amide bonds. The number of carbonyl (C=O) groups is 1. The van der Waals surface area contributed by atoms with Crippen LogP contribution in [0.4, 0.5) is 5.69 Å². The highest BCUT2D eigenvalue weighted by Crippen LogP contribution is 2.31. The summed E-state index contributed by atoms with van der Waals surface area (Å²) in [6.45, 7) is -0.0506. The quantitative estimate of drug-likeness (QED) is 0.702. The number of anilines is 1. The molecular weight excluding hydrogens is 334 g/mol. The summed E-state index contributed by atoms with van der Waals surface area (Å²) in [5.74, 6) is 0.907. The number of benzene rings is 2. The number of nitrogens with zero attached hydrogens (tertiary/aromatic N) is 3. The Labute approximate surface area is 151 Å². The van der Waals surface area contributed by atoms with Crippen molar-refractivity contribution in [1.82, 2.24) is 9.13 Å². The fourth-order valence-corrected chi connectivity index (χ4v) is 2.93. The van der Waals surface area contributed by atoms with Crippen LogP contribution in [0.2, 0.25) is 0 Å². The number of hydrogen-bond acceptors (Lipinski definition) is 4. The SMILES string of the molecule is COc1ccc(N(C)C(=O)Cn2c(=O)n(C)c3ccccc32)cc1OC. The maximum Gasteiger partial charge on any atom is 0.329 e. The van der Waals surface area contributed by atoms with Gasteiger partial charge in [0.25, 0.3) is 0 Å². The Hall–Kier alpha value is -3.22. The zero-order valence-corrected chi connectivity index (χ0v) is 15.2. The molecule has 0 N–H and O–H groups in total. The number of likely N-dealkylation sites (N-methyl/N-ethyl adjacent to an activating group) is 1. The van der Waals surface area contributed by atoms with E-state index in [0.717, 1.165) is 11.0 Å². The molecule has 7 nitrogen and oxygen atoms in total. The zero-order valence-electron chi connectivity index (χ0n) is 15.2. The third kappa shape index (κ3) is 2.92. The van der Waals surface area contributed by atoms with Crippen LogP contribution in [0.5, 0.6) is 11.5 Å². The second-order valence-corrected chi connectivity index (χ2v) is 5.91. The monoisotopic (exact) mass is 355 g/mol. The van der Waals surface area contributed by atoms with E-state index < -0.39 is 0 Å². The summed E-state index contributed by atoms with van der Waals surface area (Å²) >= 11 is 0. The van der Waals surface area contributed by atoms with Gasteiger partial charge in [0.1, 0.15) is 6.54 Å². The highest BCUT2D eigenvalue weighted by molar-refractivity contribution is 5.94. The second-order valence-electron chi connectivity index (χ2n) is 5.91. The molecular formula is C19H21N3O4. The third-order valence-corrected chi connectivity index (χ3v) is 4.47. The van der Waals surface area contributed by atoms with E-state index in [0.29, 0.717) is 17.2 Å².